The third-order valence-electron chi connectivity index (χ3n) is 5.96. The minimum Gasteiger partial charge on any atom is -0.476 e. The number of nitrogens with zero attached hydrogens (tertiary/aromatic N) is 2. The van der Waals surface area contributed by atoms with E-state index in [2.05, 4.69) is 40.0 Å². The van der Waals surface area contributed by atoms with Crippen LogP contribution in [0, 0.1) is 0 Å². The van der Waals surface area contributed by atoms with Gasteiger partial charge in [-0.15, -0.1) is 0 Å². The average molecular weight is 463 g/mol. The number of fused-ring (bicyclic) bond motifs is 3. The first kappa shape index (κ1) is 23.0. The highest BCUT2D eigenvalue weighted by molar-refractivity contribution is 5.92. The van der Waals surface area contributed by atoms with Gasteiger partial charge in [0.1, 0.15) is 12.4 Å². The number of amides is 2. The molecule has 2 amide bonds. The van der Waals surface area contributed by atoms with Gasteiger partial charge in [0.05, 0.1) is 0 Å². The lowest BCUT2D eigenvalue weighted by Crippen LogP contribution is -2.38. The summed E-state index contributed by atoms with van der Waals surface area (Å²) in [4.78, 5) is 36.0. The van der Waals surface area contributed by atoms with Gasteiger partial charge in [-0.2, -0.15) is 5.10 Å². The van der Waals surface area contributed by atoms with Crippen LogP contribution in [0.4, 0.5) is 10.6 Å². The molecular weight excluding hydrogens is 436 g/mol. The summed E-state index contributed by atoms with van der Waals surface area (Å²) in [5.41, 5.74) is 4.38. The van der Waals surface area contributed by atoms with Crippen LogP contribution in [0.25, 0.3) is 11.1 Å². The molecule has 4 rings (SSSR count). The Kier molecular flexibility index (Phi) is 6.62. The second-order valence-corrected chi connectivity index (χ2v) is 8.17. The maximum Gasteiger partial charge on any atom is 0.407 e. The zero-order valence-electron chi connectivity index (χ0n) is 18.9. The van der Waals surface area contributed by atoms with Crippen LogP contribution in [0.5, 0.6) is 0 Å². The van der Waals surface area contributed by atoms with Gasteiger partial charge in [0.15, 0.2) is 5.69 Å². The molecule has 1 aliphatic rings. The van der Waals surface area contributed by atoms with Crippen molar-refractivity contribution in [3.05, 3.63) is 71.4 Å². The van der Waals surface area contributed by atoms with Crippen molar-refractivity contribution in [1.29, 1.82) is 0 Å². The number of anilines is 1. The second-order valence-electron chi connectivity index (χ2n) is 8.17. The maximum absolute atomic E-state index is 12.5. The van der Waals surface area contributed by atoms with Crippen LogP contribution in [-0.4, -0.2) is 45.5 Å². The predicted octanol–water partition coefficient (Wildman–Crippen LogP) is 3.76. The lowest BCUT2D eigenvalue weighted by Gasteiger charge is -2.18. The molecule has 3 N–H and O–H groups in total. The number of hydrogen-bond acceptors (Lipinski definition) is 5. The first-order chi connectivity index (χ1) is 16.4. The van der Waals surface area contributed by atoms with Crippen LogP contribution >= 0.6 is 0 Å². The van der Waals surface area contributed by atoms with Crippen molar-refractivity contribution in [1.82, 2.24) is 15.1 Å². The van der Waals surface area contributed by atoms with E-state index in [-0.39, 0.29) is 36.4 Å². The maximum atomic E-state index is 12.5. The number of alkyl carbamates (subject to hydrolysis) is 1. The number of aryl methyl sites for hydroxylation is 1. The molecule has 176 valence electrons. The van der Waals surface area contributed by atoms with Crippen LogP contribution in [-0.2, 0) is 16.6 Å². The summed E-state index contributed by atoms with van der Waals surface area (Å²) in [7, 11) is 1.54. The number of carbonyl (C=O) groups is 3. The SMILES string of the molecule is CC[C@H](CC(=O)Nc1cc(C(=O)O)nn1C)NC(=O)OCC1c2ccccc2-c2ccccc21. The molecule has 0 fully saturated rings. The standard InChI is InChI=1S/C25H26N4O5/c1-3-15(12-23(30)27-22-13-21(24(31)32)28-29(22)2)26-25(33)34-14-20-18-10-6-4-8-16(18)17-9-5-7-11-19(17)20/h4-11,13,15,20H,3,12,14H2,1-2H3,(H,26,33)(H,27,30)(H,31,32)/t15-/m1/s1. The number of benzene rings is 2. The van der Waals surface area contributed by atoms with Gasteiger partial charge in [0.25, 0.3) is 0 Å². The summed E-state index contributed by atoms with van der Waals surface area (Å²) in [5, 5.41) is 18.2. The number of nitrogens with one attached hydrogen (secondary N) is 2. The molecule has 0 bridgehead atoms. The Morgan fingerprint density at radius 2 is 1.71 bits per heavy atom. The summed E-state index contributed by atoms with van der Waals surface area (Å²) >= 11 is 0. The van der Waals surface area contributed by atoms with Gasteiger partial charge in [-0.05, 0) is 28.7 Å². The molecular formula is C25H26N4O5. The summed E-state index contributed by atoms with van der Waals surface area (Å²) in [6.45, 7) is 2.05. The minimum absolute atomic E-state index is 0.00821. The molecule has 1 atom stereocenters. The van der Waals surface area contributed by atoms with Gasteiger partial charge in [-0.25, -0.2) is 9.59 Å². The number of ether oxygens (including phenoxy) is 1. The summed E-state index contributed by atoms with van der Waals surface area (Å²) in [5.74, 6) is -1.33. The van der Waals surface area contributed by atoms with E-state index in [0.29, 0.717) is 6.42 Å². The lowest BCUT2D eigenvalue weighted by molar-refractivity contribution is -0.116. The van der Waals surface area contributed by atoms with Gasteiger partial charge in [0, 0.05) is 31.5 Å². The second kappa shape index (κ2) is 9.78. The van der Waals surface area contributed by atoms with Crippen molar-refractivity contribution in [3.63, 3.8) is 0 Å². The smallest absolute Gasteiger partial charge is 0.407 e. The number of carboxylic acids is 1. The van der Waals surface area contributed by atoms with Crippen molar-refractivity contribution >= 4 is 23.8 Å². The Labute approximate surface area is 196 Å². The molecule has 9 heteroatoms. The summed E-state index contributed by atoms with van der Waals surface area (Å²) < 4.78 is 6.84. The van der Waals surface area contributed by atoms with Crippen LogP contribution in [0.1, 0.15) is 47.3 Å². The summed E-state index contributed by atoms with van der Waals surface area (Å²) in [6.07, 6.45) is -0.0623. The van der Waals surface area contributed by atoms with Crippen LogP contribution in [0.3, 0.4) is 0 Å². The van der Waals surface area contributed by atoms with Crippen molar-refractivity contribution in [3.8, 4) is 11.1 Å². The molecule has 2 aromatic carbocycles. The van der Waals surface area contributed by atoms with Crippen molar-refractivity contribution in [2.24, 2.45) is 7.05 Å². The first-order valence-corrected chi connectivity index (χ1v) is 11.1. The van der Waals surface area contributed by atoms with Crippen molar-refractivity contribution in [2.45, 2.75) is 31.7 Å². The zero-order chi connectivity index (χ0) is 24.2. The van der Waals surface area contributed by atoms with Gasteiger partial charge < -0.3 is 20.5 Å². The average Bonchev–Trinajstić information content (AvgIpc) is 3.35. The normalized spacial score (nSPS) is 13.0. The topological polar surface area (TPSA) is 123 Å². The number of carbonyl (C=O) groups excluding carboxylic acids is 2. The van der Waals surface area contributed by atoms with Crippen LogP contribution in [0.2, 0.25) is 0 Å². The molecule has 34 heavy (non-hydrogen) atoms. The largest absolute Gasteiger partial charge is 0.476 e. The monoisotopic (exact) mass is 462 g/mol. The molecule has 1 heterocycles. The van der Waals surface area contributed by atoms with Crippen LogP contribution < -0.4 is 10.6 Å². The third-order valence-corrected chi connectivity index (χ3v) is 5.96. The molecule has 0 saturated carbocycles. The molecule has 1 aromatic heterocycles. The van der Waals surface area contributed by atoms with E-state index < -0.39 is 18.1 Å². The van der Waals surface area contributed by atoms with Gasteiger partial charge in [-0.3, -0.25) is 9.48 Å². The molecule has 1 aliphatic carbocycles. The summed E-state index contributed by atoms with van der Waals surface area (Å²) in [6, 6.07) is 17.0. The van der Waals surface area contributed by atoms with Gasteiger partial charge in [-0.1, -0.05) is 55.5 Å². The molecule has 0 spiro atoms. The van der Waals surface area contributed by atoms with E-state index >= 15 is 0 Å². The van der Waals surface area contributed by atoms with E-state index in [0.717, 1.165) is 22.3 Å². The number of hydrogen-bond donors (Lipinski definition) is 3. The highest BCUT2D eigenvalue weighted by Crippen LogP contribution is 2.44. The molecule has 0 radical (unpaired) electrons. The predicted molar refractivity (Wildman–Crippen MR) is 126 cm³/mol. The van der Waals surface area contributed by atoms with Crippen molar-refractivity contribution < 1.29 is 24.2 Å². The Hall–Kier alpha value is -4.14. The van der Waals surface area contributed by atoms with E-state index in [9.17, 15) is 14.4 Å². The molecule has 0 saturated heterocycles. The Morgan fingerprint density at radius 1 is 1.09 bits per heavy atom. The first-order valence-electron chi connectivity index (χ1n) is 11.1. The number of carboxylic acid groups (broad SMARTS) is 1. The van der Waals surface area contributed by atoms with Gasteiger partial charge in [0.2, 0.25) is 5.91 Å². The third kappa shape index (κ3) is 4.78. The molecule has 0 unspecified atom stereocenters. The molecule has 9 nitrogen and oxygen atoms in total. The number of aromatic nitrogens is 2. The van der Waals surface area contributed by atoms with E-state index in [1.54, 1.807) is 0 Å². The minimum atomic E-state index is -1.18. The fraction of sp³-hybridized carbons (Fsp3) is 0.280. The highest BCUT2D eigenvalue weighted by Gasteiger charge is 2.29. The number of rotatable bonds is 8. The molecule has 3 aromatic rings. The fourth-order valence-corrected chi connectivity index (χ4v) is 4.21. The zero-order valence-corrected chi connectivity index (χ0v) is 18.9. The van der Waals surface area contributed by atoms with Crippen LogP contribution in [0.15, 0.2) is 54.6 Å². The molecule has 0 aliphatic heterocycles. The lowest BCUT2D eigenvalue weighted by atomic mass is 9.98. The Bertz CT molecular complexity index is 1190. The van der Waals surface area contributed by atoms with E-state index in [1.807, 2.05) is 31.2 Å². The number of aromatic carboxylic acids is 1. The Morgan fingerprint density at radius 3 is 2.26 bits per heavy atom. The van der Waals surface area contributed by atoms with Gasteiger partial charge >= 0.3 is 12.1 Å². The highest BCUT2D eigenvalue weighted by atomic mass is 16.5. The van der Waals surface area contributed by atoms with E-state index in [1.165, 1.54) is 17.8 Å². The Balaban J connectivity index is 1.33. The quantitative estimate of drug-likeness (QED) is 0.468. The van der Waals surface area contributed by atoms with Crippen molar-refractivity contribution in [2.75, 3.05) is 11.9 Å². The van der Waals surface area contributed by atoms with E-state index in [4.69, 9.17) is 9.84 Å². The fourth-order valence-electron chi connectivity index (χ4n) is 4.21.